The third-order valence-corrected chi connectivity index (χ3v) is 5.16. The summed E-state index contributed by atoms with van der Waals surface area (Å²) < 4.78 is 11.1. The number of fused-ring (bicyclic) bond motifs is 1. The highest BCUT2D eigenvalue weighted by Crippen LogP contribution is 2.30. The highest BCUT2D eigenvalue weighted by Gasteiger charge is 2.15. The van der Waals surface area contributed by atoms with E-state index in [4.69, 9.17) is 9.47 Å². The number of carbonyl (C=O) groups excluding carboxylic acids is 1. The van der Waals surface area contributed by atoms with Crippen molar-refractivity contribution in [1.82, 2.24) is 5.32 Å². The average Bonchev–Trinajstić information content (AvgIpc) is 2.68. The summed E-state index contributed by atoms with van der Waals surface area (Å²) in [5, 5.41) is 13.3. The minimum absolute atomic E-state index is 0.0379. The Balaban J connectivity index is 1.46. The molecule has 0 radical (unpaired) electrons. The lowest BCUT2D eigenvalue weighted by molar-refractivity contribution is -0.384. The number of ether oxygens (including phenoxy) is 2. The van der Waals surface area contributed by atoms with E-state index in [1.54, 1.807) is 12.1 Å². The molecular weight excluding hydrogens is 368 g/mol. The largest absolute Gasteiger partial charge is 0.486 e. The number of non-ortho nitro benzene ring substituents is 1. The Hall–Kier alpha value is -2.74. The van der Waals surface area contributed by atoms with Gasteiger partial charge >= 0.3 is 0 Å². The summed E-state index contributed by atoms with van der Waals surface area (Å²) >= 11 is 1.37. The fourth-order valence-corrected chi connectivity index (χ4v) is 3.51. The standard InChI is InChI=1S/C19H20N2O5S/c1-13(27-16-5-3-15(4-6-16)21(23)24)19(22)20-9-8-14-2-7-17-18(12-14)26-11-10-25-17/h2-7,12-13H,8-11H2,1H3,(H,20,22)/t13-/m1/s1. The molecule has 0 fully saturated rings. The molecule has 7 nitrogen and oxygen atoms in total. The Labute approximate surface area is 161 Å². The van der Waals surface area contributed by atoms with Crippen LogP contribution in [0, 0.1) is 10.1 Å². The maximum absolute atomic E-state index is 12.3. The molecular formula is C19H20N2O5S. The van der Waals surface area contributed by atoms with Crippen LogP contribution in [0.3, 0.4) is 0 Å². The zero-order chi connectivity index (χ0) is 19.2. The lowest BCUT2D eigenvalue weighted by Crippen LogP contribution is -2.32. The molecule has 8 heteroatoms. The molecule has 1 atom stereocenters. The molecule has 0 spiro atoms. The number of carbonyl (C=O) groups is 1. The first-order chi connectivity index (χ1) is 13.0. The molecule has 1 amide bonds. The van der Waals surface area contributed by atoms with E-state index in [2.05, 4.69) is 5.32 Å². The number of hydrogen-bond donors (Lipinski definition) is 1. The van der Waals surface area contributed by atoms with Gasteiger partial charge in [0.25, 0.3) is 5.69 Å². The molecule has 1 aliphatic rings. The smallest absolute Gasteiger partial charge is 0.269 e. The third kappa shape index (κ3) is 5.13. The Morgan fingerprint density at radius 2 is 1.89 bits per heavy atom. The van der Waals surface area contributed by atoms with E-state index in [9.17, 15) is 14.9 Å². The second-order valence-corrected chi connectivity index (χ2v) is 7.44. The number of nitrogens with one attached hydrogen (secondary N) is 1. The number of hydrogen-bond acceptors (Lipinski definition) is 6. The van der Waals surface area contributed by atoms with Gasteiger partial charge in [0.05, 0.1) is 10.2 Å². The van der Waals surface area contributed by atoms with E-state index in [1.165, 1.54) is 23.9 Å². The van der Waals surface area contributed by atoms with Crippen LogP contribution in [-0.4, -0.2) is 35.8 Å². The van der Waals surface area contributed by atoms with Gasteiger partial charge in [0.2, 0.25) is 5.91 Å². The number of nitro benzene ring substituents is 1. The lowest BCUT2D eigenvalue weighted by atomic mass is 10.1. The highest BCUT2D eigenvalue weighted by atomic mass is 32.2. The monoisotopic (exact) mass is 388 g/mol. The SMILES string of the molecule is C[C@@H](Sc1ccc([N+](=O)[O-])cc1)C(=O)NCCc1ccc2c(c1)OCCO2. The lowest BCUT2D eigenvalue weighted by Gasteiger charge is -2.19. The maximum Gasteiger partial charge on any atom is 0.269 e. The van der Waals surface area contributed by atoms with E-state index in [0.29, 0.717) is 26.2 Å². The quantitative estimate of drug-likeness (QED) is 0.445. The molecule has 0 aromatic heterocycles. The Kier molecular flexibility index (Phi) is 6.18. The number of benzene rings is 2. The van der Waals surface area contributed by atoms with Crippen LogP contribution < -0.4 is 14.8 Å². The molecule has 0 bridgehead atoms. The van der Waals surface area contributed by atoms with E-state index < -0.39 is 4.92 Å². The van der Waals surface area contributed by atoms with Gasteiger partial charge in [-0.3, -0.25) is 14.9 Å². The normalized spacial score (nSPS) is 13.7. The molecule has 1 aliphatic heterocycles. The van der Waals surface area contributed by atoms with Gasteiger partial charge in [-0.25, -0.2) is 0 Å². The van der Waals surface area contributed by atoms with E-state index >= 15 is 0 Å². The van der Waals surface area contributed by atoms with Gasteiger partial charge in [-0.05, 0) is 43.2 Å². The Morgan fingerprint density at radius 1 is 1.19 bits per heavy atom. The van der Waals surface area contributed by atoms with E-state index in [-0.39, 0.29) is 16.8 Å². The first-order valence-corrected chi connectivity index (χ1v) is 9.48. The molecule has 3 rings (SSSR count). The van der Waals surface area contributed by atoms with Crippen molar-refractivity contribution in [3.8, 4) is 11.5 Å². The Bertz CT molecular complexity index is 825. The molecule has 27 heavy (non-hydrogen) atoms. The number of nitro groups is 1. The topological polar surface area (TPSA) is 90.7 Å². The summed E-state index contributed by atoms with van der Waals surface area (Å²) in [5.74, 6) is 1.42. The second-order valence-electron chi connectivity index (χ2n) is 6.03. The van der Waals surface area contributed by atoms with Crippen molar-refractivity contribution in [2.24, 2.45) is 0 Å². The summed E-state index contributed by atoms with van der Waals surface area (Å²) in [6, 6.07) is 12.0. The number of rotatable bonds is 7. The van der Waals surface area contributed by atoms with Gasteiger partial charge in [0.1, 0.15) is 13.2 Å². The van der Waals surface area contributed by atoms with Crippen LogP contribution in [0.2, 0.25) is 0 Å². The second kappa shape index (κ2) is 8.77. The molecule has 0 saturated heterocycles. The zero-order valence-electron chi connectivity index (χ0n) is 14.8. The molecule has 2 aromatic rings. The fraction of sp³-hybridized carbons (Fsp3) is 0.316. The molecule has 0 aliphatic carbocycles. The molecule has 0 saturated carbocycles. The number of nitrogens with zero attached hydrogens (tertiary/aromatic N) is 1. The first kappa shape index (κ1) is 19.0. The van der Waals surface area contributed by atoms with Crippen LogP contribution in [0.5, 0.6) is 11.5 Å². The fourth-order valence-electron chi connectivity index (χ4n) is 2.62. The molecule has 1 N–H and O–H groups in total. The van der Waals surface area contributed by atoms with Crippen LogP contribution in [0.15, 0.2) is 47.4 Å². The van der Waals surface area contributed by atoms with Crippen LogP contribution >= 0.6 is 11.8 Å². The van der Waals surface area contributed by atoms with Crippen molar-refractivity contribution >= 4 is 23.4 Å². The zero-order valence-corrected chi connectivity index (χ0v) is 15.7. The predicted octanol–water partition coefficient (Wildman–Crippen LogP) is 3.21. The summed E-state index contributed by atoms with van der Waals surface area (Å²) in [6.45, 7) is 3.44. The summed E-state index contributed by atoms with van der Waals surface area (Å²) in [4.78, 5) is 23.3. The third-order valence-electron chi connectivity index (χ3n) is 4.05. The minimum atomic E-state index is -0.442. The van der Waals surface area contributed by atoms with Crippen LogP contribution in [0.4, 0.5) is 5.69 Å². The van der Waals surface area contributed by atoms with E-state index in [1.807, 2.05) is 25.1 Å². The summed E-state index contributed by atoms with van der Waals surface area (Å²) in [6.07, 6.45) is 0.692. The summed E-state index contributed by atoms with van der Waals surface area (Å²) in [5.41, 5.74) is 1.10. The Morgan fingerprint density at radius 3 is 2.59 bits per heavy atom. The van der Waals surface area contributed by atoms with Crippen molar-refractivity contribution in [3.05, 3.63) is 58.1 Å². The van der Waals surface area contributed by atoms with Crippen molar-refractivity contribution in [3.63, 3.8) is 0 Å². The minimum Gasteiger partial charge on any atom is -0.486 e. The molecule has 142 valence electrons. The molecule has 1 heterocycles. The molecule has 2 aromatic carbocycles. The van der Waals surface area contributed by atoms with Gasteiger partial charge in [0, 0.05) is 23.6 Å². The van der Waals surface area contributed by atoms with Gasteiger partial charge in [-0.15, -0.1) is 11.8 Å². The molecule has 0 unspecified atom stereocenters. The van der Waals surface area contributed by atoms with Crippen LogP contribution in [-0.2, 0) is 11.2 Å². The summed E-state index contributed by atoms with van der Waals surface area (Å²) in [7, 11) is 0. The van der Waals surface area contributed by atoms with Crippen molar-refractivity contribution in [1.29, 1.82) is 0 Å². The predicted molar refractivity (Wildman–Crippen MR) is 103 cm³/mol. The number of amides is 1. The maximum atomic E-state index is 12.3. The van der Waals surface area contributed by atoms with E-state index in [0.717, 1.165) is 22.0 Å². The van der Waals surface area contributed by atoms with Gasteiger partial charge in [0.15, 0.2) is 11.5 Å². The van der Waals surface area contributed by atoms with Crippen molar-refractivity contribution in [2.45, 2.75) is 23.5 Å². The van der Waals surface area contributed by atoms with Gasteiger partial charge < -0.3 is 14.8 Å². The van der Waals surface area contributed by atoms with Crippen molar-refractivity contribution in [2.75, 3.05) is 19.8 Å². The van der Waals surface area contributed by atoms with Crippen LogP contribution in [0.25, 0.3) is 0 Å². The number of thioether (sulfide) groups is 1. The first-order valence-electron chi connectivity index (χ1n) is 8.60. The van der Waals surface area contributed by atoms with Crippen molar-refractivity contribution < 1.29 is 19.2 Å². The van der Waals surface area contributed by atoms with Crippen LogP contribution in [0.1, 0.15) is 12.5 Å². The van der Waals surface area contributed by atoms with Gasteiger partial charge in [-0.2, -0.15) is 0 Å². The highest BCUT2D eigenvalue weighted by molar-refractivity contribution is 8.00. The average molecular weight is 388 g/mol. The van der Waals surface area contributed by atoms with Gasteiger partial charge in [-0.1, -0.05) is 6.07 Å².